The summed E-state index contributed by atoms with van der Waals surface area (Å²) in [5, 5.41) is 0. The predicted octanol–water partition coefficient (Wildman–Crippen LogP) is 1.03. The molecule has 2 amide bonds. The van der Waals surface area contributed by atoms with Crippen LogP contribution in [0.1, 0.15) is 19.8 Å². The fourth-order valence-corrected chi connectivity index (χ4v) is 2.85. The third-order valence-corrected chi connectivity index (χ3v) is 3.99. The van der Waals surface area contributed by atoms with Gasteiger partial charge in [-0.2, -0.15) is 13.2 Å². The van der Waals surface area contributed by atoms with Gasteiger partial charge in [0, 0.05) is 39.0 Å². The molecular formula is C13H19F3N2O3. The van der Waals surface area contributed by atoms with Crippen LogP contribution < -0.4 is 0 Å². The lowest BCUT2D eigenvalue weighted by Crippen LogP contribution is -2.50. The largest absolute Gasteiger partial charge is 0.397 e. The van der Waals surface area contributed by atoms with Gasteiger partial charge in [-0.15, -0.1) is 0 Å². The fraction of sp³-hybridized carbons (Fsp3) is 0.846. The highest BCUT2D eigenvalue weighted by molar-refractivity contribution is 5.77. The molecule has 0 N–H and O–H groups in total. The first kappa shape index (κ1) is 16.1. The Morgan fingerprint density at radius 2 is 1.90 bits per heavy atom. The van der Waals surface area contributed by atoms with Crippen LogP contribution in [-0.2, 0) is 14.3 Å². The van der Waals surface area contributed by atoms with E-state index in [1.165, 1.54) is 11.8 Å². The molecular weight excluding hydrogens is 289 g/mol. The van der Waals surface area contributed by atoms with Gasteiger partial charge >= 0.3 is 6.18 Å². The number of alkyl halides is 3. The number of rotatable bonds is 1. The average molecular weight is 308 g/mol. The van der Waals surface area contributed by atoms with E-state index < -0.39 is 18.5 Å². The van der Waals surface area contributed by atoms with Gasteiger partial charge in [0.15, 0.2) is 0 Å². The minimum absolute atomic E-state index is 0.0326. The summed E-state index contributed by atoms with van der Waals surface area (Å²) < 4.78 is 42.5. The molecule has 2 atom stereocenters. The standard InChI is InChI=1S/C13H19F3N2O3/c1-9(19)17-4-5-21-11-8-18(3-2-10(11)7-17)12(20)6-13(14,15)16/h10-11H,2-8H2,1H3/t10-,11-/m0/s1. The summed E-state index contributed by atoms with van der Waals surface area (Å²) in [7, 11) is 0. The molecule has 0 spiro atoms. The fourth-order valence-electron chi connectivity index (χ4n) is 2.85. The normalized spacial score (nSPS) is 27.0. The van der Waals surface area contributed by atoms with E-state index in [1.807, 2.05) is 0 Å². The lowest BCUT2D eigenvalue weighted by molar-refractivity contribution is -0.165. The van der Waals surface area contributed by atoms with Gasteiger partial charge in [0.2, 0.25) is 11.8 Å². The first-order valence-electron chi connectivity index (χ1n) is 6.98. The van der Waals surface area contributed by atoms with Crippen molar-refractivity contribution in [3.63, 3.8) is 0 Å². The Hall–Kier alpha value is -1.31. The SMILES string of the molecule is CC(=O)N1CCO[C@H]2CN(C(=O)CC(F)(F)F)CC[C@H]2C1. The lowest BCUT2D eigenvalue weighted by atomic mass is 9.93. The highest BCUT2D eigenvalue weighted by atomic mass is 19.4. The molecule has 0 aromatic carbocycles. The van der Waals surface area contributed by atoms with Crippen LogP contribution in [0, 0.1) is 5.92 Å². The minimum Gasteiger partial charge on any atom is -0.374 e. The van der Waals surface area contributed by atoms with Crippen molar-refractivity contribution < 1.29 is 27.5 Å². The smallest absolute Gasteiger partial charge is 0.374 e. The summed E-state index contributed by atoms with van der Waals surface area (Å²) in [6.45, 7) is 3.32. The van der Waals surface area contributed by atoms with Gasteiger partial charge in [-0.1, -0.05) is 0 Å². The molecule has 2 fully saturated rings. The molecule has 0 saturated carbocycles. The molecule has 8 heteroatoms. The molecule has 0 aromatic heterocycles. The van der Waals surface area contributed by atoms with Gasteiger partial charge < -0.3 is 14.5 Å². The van der Waals surface area contributed by atoms with Crippen LogP contribution >= 0.6 is 0 Å². The van der Waals surface area contributed by atoms with Crippen LogP contribution in [0.25, 0.3) is 0 Å². The van der Waals surface area contributed by atoms with Crippen molar-refractivity contribution in [2.45, 2.75) is 32.0 Å². The number of nitrogens with zero attached hydrogens (tertiary/aromatic N) is 2. The van der Waals surface area contributed by atoms with Gasteiger partial charge in [0.1, 0.15) is 6.42 Å². The zero-order valence-corrected chi connectivity index (χ0v) is 11.9. The Morgan fingerprint density at radius 1 is 1.19 bits per heavy atom. The molecule has 0 unspecified atom stereocenters. The summed E-state index contributed by atoms with van der Waals surface area (Å²) in [6, 6.07) is 0. The highest BCUT2D eigenvalue weighted by Crippen LogP contribution is 2.27. The molecule has 2 saturated heterocycles. The molecule has 5 nitrogen and oxygen atoms in total. The van der Waals surface area contributed by atoms with Gasteiger partial charge in [-0.25, -0.2) is 0 Å². The Morgan fingerprint density at radius 3 is 2.52 bits per heavy atom. The summed E-state index contributed by atoms with van der Waals surface area (Å²) in [5.74, 6) is -0.863. The van der Waals surface area contributed by atoms with E-state index in [0.717, 1.165) is 0 Å². The number of likely N-dealkylation sites (tertiary alicyclic amines) is 1. The zero-order valence-electron chi connectivity index (χ0n) is 11.9. The minimum atomic E-state index is -4.48. The van der Waals surface area contributed by atoms with Crippen LogP contribution in [0.2, 0.25) is 0 Å². The predicted molar refractivity (Wildman–Crippen MR) is 67.4 cm³/mol. The number of hydrogen-bond acceptors (Lipinski definition) is 3. The second-order valence-corrected chi connectivity index (χ2v) is 5.55. The molecule has 2 aliphatic heterocycles. The van der Waals surface area contributed by atoms with Crippen molar-refractivity contribution in [3.8, 4) is 0 Å². The van der Waals surface area contributed by atoms with Crippen LogP contribution in [-0.4, -0.2) is 66.7 Å². The molecule has 0 aromatic rings. The molecule has 2 rings (SSSR count). The van der Waals surface area contributed by atoms with Crippen molar-refractivity contribution >= 4 is 11.8 Å². The van der Waals surface area contributed by atoms with E-state index in [1.54, 1.807) is 4.90 Å². The quantitative estimate of drug-likeness (QED) is 0.727. The first-order chi connectivity index (χ1) is 9.76. The summed E-state index contributed by atoms with van der Waals surface area (Å²) in [6.07, 6.45) is -5.65. The number of amides is 2. The Balaban J connectivity index is 1.95. The number of hydrogen-bond donors (Lipinski definition) is 0. The maximum atomic E-state index is 12.3. The van der Waals surface area contributed by atoms with E-state index in [-0.39, 0.29) is 31.0 Å². The molecule has 21 heavy (non-hydrogen) atoms. The number of carbonyl (C=O) groups is 2. The van der Waals surface area contributed by atoms with Crippen molar-refractivity contribution in [2.24, 2.45) is 5.92 Å². The van der Waals surface area contributed by atoms with E-state index in [2.05, 4.69) is 0 Å². The summed E-state index contributed by atoms with van der Waals surface area (Å²) in [5.41, 5.74) is 0. The van der Waals surface area contributed by atoms with Crippen LogP contribution in [0.3, 0.4) is 0 Å². The van der Waals surface area contributed by atoms with Crippen LogP contribution in [0.4, 0.5) is 13.2 Å². The summed E-state index contributed by atoms with van der Waals surface area (Å²) >= 11 is 0. The van der Waals surface area contributed by atoms with E-state index in [9.17, 15) is 22.8 Å². The van der Waals surface area contributed by atoms with E-state index in [4.69, 9.17) is 4.74 Å². The van der Waals surface area contributed by atoms with Gasteiger partial charge in [0.25, 0.3) is 0 Å². The lowest BCUT2D eigenvalue weighted by Gasteiger charge is -2.38. The van der Waals surface area contributed by atoms with E-state index in [0.29, 0.717) is 26.1 Å². The second-order valence-electron chi connectivity index (χ2n) is 5.55. The van der Waals surface area contributed by atoms with Crippen molar-refractivity contribution in [2.75, 3.05) is 32.8 Å². The van der Waals surface area contributed by atoms with Crippen LogP contribution in [0.5, 0.6) is 0 Å². The molecule has 2 aliphatic rings. The number of carbonyl (C=O) groups excluding carboxylic acids is 2. The Bertz CT molecular complexity index is 414. The first-order valence-corrected chi connectivity index (χ1v) is 6.98. The monoisotopic (exact) mass is 308 g/mol. The van der Waals surface area contributed by atoms with Crippen molar-refractivity contribution in [3.05, 3.63) is 0 Å². The third kappa shape index (κ3) is 4.33. The maximum absolute atomic E-state index is 12.3. The van der Waals surface area contributed by atoms with Gasteiger partial charge in [-0.05, 0) is 6.42 Å². The number of halogens is 3. The zero-order chi connectivity index (χ0) is 15.6. The Labute approximate surface area is 121 Å². The number of fused-ring (bicyclic) bond motifs is 1. The average Bonchev–Trinajstić information content (AvgIpc) is 2.57. The molecule has 2 heterocycles. The summed E-state index contributed by atoms with van der Waals surface area (Å²) in [4.78, 5) is 26.0. The molecule has 0 bridgehead atoms. The highest BCUT2D eigenvalue weighted by Gasteiger charge is 2.39. The van der Waals surface area contributed by atoms with Gasteiger partial charge in [0.05, 0.1) is 12.7 Å². The van der Waals surface area contributed by atoms with Crippen molar-refractivity contribution in [1.82, 2.24) is 9.80 Å². The number of ether oxygens (including phenoxy) is 1. The molecule has 0 aliphatic carbocycles. The molecule has 120 valence electrons. The molecule has 0 radical (unpaired) electrons. The van der Waals surface area contributed by atoms with Crippen LogP contribution in [0.15, 0.2) is 0 Å². The van der Waals surface area contributed by atoms with Gasteiger partial charge in [-0.3, -0.25) is 9.59 Å². The Kier molecular flexibility index (Phi) is 4.75. The number of piperidine rings is 1. The van der Waals surface area contributed by atoms with E-state index >= 15 is 0 Å². The third-order valence-electron chi connectivity index (χ3n) is 3.99. The van der Waals surface area contributed by atoms with Crippen molar-refractivity contribution in [1.29, 1.82) is 0 Å². The maximum Gasteiger partial charge on any atom is 0.397 e. The topological polar surface area (TPSA) is 49.9 Å². The second kappa shape index (κ2) is 6.21.